The topological polar surface area (TPSA) is 58.2 Å². The van der Waals surface area contributed by atoms with Crippen molar-refractivity contribution in [3.63, 3.8) is 0 Å². The molecule has 80 valence electrons. The van der Waals surface area contributed by atoms with Gasteiger partial charge in [-0.1, -0.05) is 11.6 Å². The first-order valence-electron chi connectivity index (χ1n) is 4.33. The van der Waals surface area contributed by atoms with E-state index in [0.717, 1.165) is 0 Å². The standard InChI is InChI=1S/C10H11ClN2O2/c1-12-9(14)6-3-7(10(15)13-2)5-8(11)4-6/h3-5H,1-2H3,(H,12,14)(H,13,15). The molecular weight excluding hydrogens is 216 g/mol. The Kier molecular flexibility index (Phi) is 3.68. The van der Waals surface area contributed by atoms with E-state index in [0.29, 0.717) is 16.1 Å². The van der Waals surface area contributed by atoms with Crippen molar-refractivity contribution in [2.24, 2.45) is 0 Å². The van der Waals surface area contributed by atoms with Crippen molar-refractivity contribution in [3.8, 4) is 0 Å². The van der Waals surface area contributed by atoms with Gasteiger partial charge >= 0.3 is 0 Å². The third kappa shape index (κ3) is 2.70. The summed E-state index contributed by atoms with van der Waals surface area (Å²) in [6.45, 7) is 0. The summed E-state index contributed by atoms with van der Waals surface area (Å²) in [5.74, 6) is -0.551. The highest BCUT2D eigenvalue weighted by atomic mass is 35.5. The highest BCUT2D eigenvalue weighted by molar-refractivity contribution is 6.31. The minimum absolute atomic E-state index is 0.275. The van der Waals surface area contributed by atoms with Crippen LogP contribution in [0.15, 0.2) is 18.2 Å². The summed E-state index contributed by atoms with van der Waals surface area (Å²) in [6.07, 6.45) is 0. The van der Waals surface area contributed by atoms with Crippen LogP contribution in [-0.2, 0) is 0 Å². The first kappa shape index (κ1) is 11.5. The molecule has 0 bridgehead atoms. The van der Waals surface area contributed by atoms with Crippen LogP contribution in [0.2, 0.25) is 5.02 Å². The van der Waals surface area contributed by atoms with Crippen LogP contribution in [0.3, 0.4) is 0 Å². The monoisotopic (exact) mass is 226 g/mol. The molecule has 0 aromatic heterocycles. The number of nitrogens with one attached hydrogen (secondary N) is 2. The lowest BCUT2D eigenvalue weighted by Gasteiger charge is -2.04. The van der Waals surface area contributed by atoms with Gasteiger partial charge in [-0.3, -0.25) is 9.59 Å². The molecule has 0 radical (unpaired) electrons. The summed E-state index contributed by atoms with van der Waals surface area (Å²) in [7, 11) is 3.03. The third-order valence-corrected chi connectivity index (χ3v) is 2.09. The van der Waals surface area contributed by atoms with Gasteiger partial charge in [0, 0.05) is 30.2 Å². The van der Waals surface area contributed by atoms with Gasteiger partial charge in [-0.05, 0) is 18.2 Å². The van der Waals surface area contributed by atoms with E-state index in [1.807, 2.05) is 0 Å². The Morgan fingerprint density at radius 2 is 1.40 bits per heavy atom. The lowest BCUT2D eigenvalue weighted by Crippen LogP contribution is -2.21. The summed E-state index contributed by atoms with van der Waals surface area (Å²) < 4.78 is 0. The summed E-state index contributed by atoms with van der Waals surface area (Å²) in [5.41, 5.74) is 0.729. The van der Waals surface area contributed by atoms with Crippen molar-refractivity contribution in [1.82, 2.24) is 10.6 Å². The maximum absolute atomic E-state index is 11.3. The number of rotatable bonds is 2. The zero-order valence-corrected chi connectivity index (χ0v) is 9.18. The van der Waals surface area contributed by atoms with Crippen molar-refractivity contribution in [1.29, 1.82) is 0 Å². The van der Waals surface area contributed by atoms with Crippen molar-refractivity contribution in [3.05, 3.63) is 34.3 Å². The molecule has 0 aliphatic heterocycles. The molecule has 0 spiro atoms. The summed E-state index contributed by atoms with van der Waals surface area (Å²) in [6, 6.07) is 4.50. The predicted molar refractivity (Wildman–Crippen MR) is 58.2 cm³/mol. The van der Waals surface area contributed by atoms with Crippen LogP contribution in [0.25, 0.3) is 0 Å². The quantitative estimate of drug-likeness (QED) is 0.792. The van der Waals surface area contributed by atoms with Crippen molar-refractivity contribution in [2.75, 3.05) is 14.1 Å². The van der Waals surface area contributed by atoms with E-state index in [-0.39, 0.29) is 11.8 Å². The minimum atomic E-state index is -0.275. The fraction of sp³-hybridized carbons (Fsp3) is 0.200. The smallest absolute Gasteiger partial charge is 0.251 e. The molecule has 1 aromatic carbocycles. The largest absolute Gasteiger partial charge is 0.355 e. The van der Waals surface area contributed by atoms with Crippen LogP contribution < -0.4 is 10.6 Å². The first-order valence-corrected chi connectivity index (χ1v) is 4.71. The van der Waals surface area contributed by atoms with Gasteiger partial charge < -0.3 is 10.6 Å². The van der Waals surface area contributed by atoms with E-state index in [2.05, 4.69) is 10.6 Å². The molecule has 2 amide bonds. The van der Waals surface area contributed by atoms with Crippen molar-refractivity contribution >= 4 is 23.4 Å². The first-order chi connectivity index (χ1) is 7.08. The van der Waals surface area contributed by atoms with Crippen molar-refractivity contribution in [2.45, 2.75) is 0 Å². The van der Waals surface area contributed by atoms with E-state index < -0.39 is 0 Å². The number of hydrogen-bond acceptors (Lipinski definition) is 2. The van der Waals surface area contributed by atoms with Gasteiger partial charge in [-0.15, -0.1) is 0 Å². The van der Waals surface area contributed by atoms with E-state index in [4.69, 9.17) is 11.6 Å². The van der Waals surface area contributed by atoms with Crippen LogP contribution >= 0.6 is 11.6 Å². The maximum Gasteiger partial charge on any atom is 0.251 e. The molecule has 1 aromatic rings. The Balaban J connectivity index is 3.16. The van der Waals surface area contributed by atoms with Gasteiger partial charge in [0.2, 0.25) is 0 Å². The molecule has 0 atom stereocenters. The number of carbonyl (C=O) groups is 2. The summed E-state index contributed by atoms with van der Waals surface area (Å²) >= 11 is 5.79. The second-order valence-electron chi connectivity index (χ2n) is 2.89. The van der Waals surface area contributed by atoms with Gasteiger partial charge in [-0.25, -0.2) is 0 Å². The zero-order valence-electron chi connectivity index (χ0n) is 8.43. The molecule has 0 aliphatic rings. The highest BCUT2D eigenvalue weighted by Gasteiger charge is 2.10. The Bertz CT molecular complexity index is 370. The molecule has 0 saturated heterocycles. The number of amides is 2. The molecule has 0 unspecified atom stereocenters. The fourth-order valence-corrected chi connectivity index (χ4v) is 1.38. The second kappa shape index (κ2) is 4.79. The maximum atomic E-state index is 11.3. The van der Waals surface area contributed by atoms with Crippen LogP contribution in [-0.4, -0.2) is 25.9 Å². The van der Waals surface area contributed by atoms with Crippen LogP contribution in [0, 0.1) is 0 Å². The van der Waals surface area contributed by atoms with E-state index in [1.54, 1.807) is 0 Å². The molecular formula is C10H11ClN2O2. The van der Waals surface area contributed by atoms with E-state index in [9.17, 15) is 9.59 Å². The molecule has 1 rings (SSSR count). The van der Waals surface area contributed by atoms with Crippen LogP contribution in [0.1, 0.15) is 20.7 Å². The van der Waals surface area contributed by atoms with Crippen molar-refractivity contribution < 1.29 is 9.59 Å². The number of carbonyl (C=O) groups excluding carboxylic acids is 2. The molecule has 4 nitrogen and oxygen atoms in total. The fourth-order valence-electron chi connectivity index (χ4n) is 1.14. The van der Waals surface area contributed by atoms with E-state index >= 15 is 0 Å². The summed E-state index contributed by atoms with van der Waals surface area (Å²) in [5, 5.41) is 5.28. The molecule has 0 heterocycles. The average Bonchev–Trinajstić information content (AvgIpc) is 2.26. The Hall–Kier alpha value is -1.55. The third-order valence-electron chi connectivity index (χ3n) is 1.88. The van der Waals surface area contributed by atoms with Gasteiger partial charge in [0.25, 0.3) is 11.8 Å². The Labute approximate surface area is 92.6 Å². The molecule has 0 saturated carbocycles. The molecule has 0 fully saturated rings. The minimum Gasteiger partial charge on any atom is -0.355 e. The van der Waals surface area contributed by atoms with Crippen LogP contribution in [0.4, 0.5) is 0 Å². The van der Waals surface area contributed by atoms with Gasteiger partial charge in [0.15, 0.2) is 0 Å². The summed E-state index contributed by atoms with van der Waals surface area (Å²) in [4.78, 5) is 22.7. The van der Waals surface area contributed by atoms with Gasteiger partial charge in [0.05, 0.1) is 0 Å². The molecule has 15 heavy (non-hydrogen) atoms. The lowest BCUT2D eigenvalue weighted by atomic mass is 10.1. The number of hydrogen-bond donors (Lipinski definition) is 2. The molecule has 0 aliphatic carbocycles. The SMILES string of the molecule is CNC(=O)c1cc(Cl)cc(C(=O)NC)c1. The van der Waals surface area contributed by atoms with Gasteiger partial charge in [-0.2, -0.15) is 0 Å². The number of benzene rings is 1. The normalized spacial score (nSPS) is 9.53. The average molecular weight is 227 g/mol. The predicted octanol–water partition coefficient (Wildman–Crippen LogP) is 1.06. The van der Waals surface area contributed by atoms with Crippen LogP contribution in [0.5, 0.6) is 0 Å². The highest BCUT2D eigenvalue weighted by Crippen LogP contribution is 2.15. The molecule has 2 N–H and O–H groups in total. The Morgan fingerprint density at radius 1 is 1.00 bits per heavy atom. The Morgan fingerprint density at radius 3 is 1.73 bits per heavy atom. The number of halogens is 1. The lowest BCUT2D eigenvalue weighted by molar-refractivity contribution is 0.0962. The van der Waals surface area contributed by atoms with E-state index in [1.165, 1.54) is 32.3 Å². The second-order valence-corrected chi connectivity index (χ2v) is 3.32. The zero-order chi connectivity index (χ0) is 11.4. The van der Waals surface area contributed by atoms with Gasteiger partial charge in [0.1, 0.15) is 0 Å². The molecule has 5 heteroatoms.